The van der Waals surface area contributed by atoms with Crippen LogP contribution in [0.15, 0.2) is 12.7 Å². The van der Waals surface area contributed by atoms with E-state index in [2.05, 4.69) is 30.5 Å². The fraction of sp³-hybridized carbons (Fsp3) is 0.357. The molecule has 2 amide bonds. The molecule has 0 aromatic carbocycles. The Morgan fingerprint density at radius 2 is 2.08 bits per heavy atom. The van der Waals surface area contributed by atoms with Gasteiger partial charge in [-0.25, -0.2) is 19.7 Å². The average molecular weight is 327 g/mol. The van der Waals surface area contributed by atoms with E-state index < -0.39 is 0 Å². The minimum Gasteiger partial charge on any atom is -0.331 e. The van der Waals surface area contributed by atoms with Crippen LogP contribution in [0.4, 0.5) is 16.4 Å². The Labute approximate surface area is 137 Å². The molecule has 3 aromatic heterocycles. The van der Waals surface area contributed by atoms with E-state index >= 15 is 0 Å². The third-order valence-electron chi connectivity index (χ3n) is 4.04. The summed E-state index contributed by atoms with van der Waals surface area (Å²) in [5.41, 5.74) is 3.31. The molecule has 0 spiro atoms. The second-order valence-corrected chi connectivity index (χ2v) is 5.94. The number of hydrogen-bond acceptors (Lipinski definition) is 6. The molecule has 2 N–H and O–H groups in total. The highest BCUT2D eigenvalue weighted by Gasteiger charge is 2.29. The lowest BCUT2D eigenvalue weighted by Crippen LogP contribution is -2.35. The quantitative estimate of drug-likeness (QED) is 0.722. The maximum Gasteiger partial charge on any atom is 0.320 e. The second kappa shape index (κ2) is 5.18. The predicted octanol–water partition coefficient (Wildman–Crippen LogP) is 0.827. The zero-order valence-corrected chi connectivity index (χ0v) is 13.6. The summed E-state index contributed by atoms with van der Waals surface area (Å²) in [7, 11) is 5.36. The Balaban J connectivity index is 1.63. The van der Waals surface area contributed by atoms with Crippen LogP contribution in [0.3, 0.4) is 0 Å². The van der Waals surface area contributed by atoms with Crippen molar-refractivity contribution in [3.63, 3.8) is 0 Å². The van der Waals surface area contributed by atoms with Crippen LogP contribution < -0.4 is 5.32 Å². The highest BCUT2D eigenvalue weighted by molar-refractivity contribution is 5.85. The van der Waals surface area contributed by atoms with Crippen LogP contribution in [0.25, 0.3) is 11.2 Å². The van der Waals surface area contributed by atoms with Gasteiger partial charge in [0, 0.05) is 26.7 Å². The van der Waals surface area contributed by atoms with E-state index in [1.54, 1.807) is 30.2 Å². The van der Waals surface area contributed by atoms with Gasteiger partial charge < -0.3 is 19.7 Å². The lowest BCUT2D eigenvalue weighted by atomic mass is 10.3. The normalized spacial score (nSPS) is 13.4. The van der Waals surface area contributed by atoms with Crippen molar-refractivity contribution in [3.8, 4) is 0 Å². The number of aromatic nitrogens is 6. The van der Waals surface area contributed by atoms with Crippen LogP contribution in [0.2, 0.25) is 0 Å². The molecule has 0 fully saturated rings. The molecule has 1 aliphatic rings. The van der Waals surface area contributed by atoms with E-state index in [-0.39, 0.29) is 6.03 Å². The van der Waals surface area contributed by atoms with Gasteiger partial charge in [0.05, 0.1) is 25.1 Å². The number of urea groups is 1. The van der Waals surface area contributed by atoms with Gasteiger partial charge >= 0.3 is 6.03 Å². The Morgan fingerprint density at radius 1 is 1.25 bits per heavy atom. The summed E-state index contributed by atoms with van der Waals surface area (Å²) in [6.45, 7) is 1.02. The molecule has 0 saturated heterocycles. The molecule has 10 heteroatoms. The van der Waals surface area contributed by atoms with Gasteiger partial charge in [0.25, 0.3) is 0 Å². The number of H-pyrrole nitrogens is 1. The van der Waals surface area contributed by atoms with Gasteiger partial charge in [-0.3, -0.25) is 5.10 Å². The molecule has 4 rings (SSSR count). The topological polar surface area (TPSA) is 108 Å². The van der Waals surface area contributed by atoms with Crippen molar-refractivity contribution in [1.82, 2.24) is 39.5 Å². The largest absolute Gasteiger partial charge is 0.331 e. The summed E-state index contributed by atoms with van der Waals surface area (Å²) in [5.74, 6) is 1.25. The highest BCUT2D eigenvalue weighted by atomic mass is 16.2. The van der Waals surface area contributed by atoms with E-state index in [0.29, 0.717) is 30.2 Å². The number of imidazole rings is 1. The van der Waals surface area contributed by atoms with Gasteiger partial charge in [0.2, 0.25) is 0 Å². The van der Waals surface area contributed by atoms with Crippen LogP contribution in [0, 0.1) is 0 Å². The van der Waals surface area contributed by atoms with E-state index in [1.165, 1.54) is 6.33 Å². The number of nitrogens with one attached hydrogen (secondary N) is 2. The van der Waals surface area contributed by atoms with Crippen LogP contribution >= 0.6 is 0 Å². The molecule has 1 aliphatic heterocycles. The lowest BCUT2D eigenvalue weighted by Gasteiger charge is -2.20. The molecular weight excluding hydrogens is 310 g/mol. The Hall–Kier alpha value is -3.17. The zero-order chi connectivity index (χ0) is 16.8. The number of aryl methyl sites for hydroxylation is 1. The van der Waals surface area contributed by atoms with Crippen molar-refractivity contribution in [2.45, 2.75) is 13.1 Å². The standard InChI is InChI=1S/C14H17N9O/c1-21(2)14(24)23-4-8-9(5-23)19-20-11(8)18-12-10-13(16-6-15-12)22(3)7-17-10/h6-7H,4-5H2,1-3H3,(H2,15,16,18,19,20). The molecule has 24 heavy (non-hydrogen) atoms. The maximum absolute atomic E-state index is 12.1. The van der Waals surface area contributed by atoms with E-state index in [0.717, 1.165) is 16.9 Å². The van der Waals surface area contributed by atoms with Crippen molar-refractivity contribution in [2.75, 3.05) is 19.4 Å². The van der Waals surface area contributed by atoms with Crippen molar-refractivity contribution in [2.24, 2.45) is 7.05 Å². The fourth-order valence-electron chi connectivity index (χ4n) is 2.81. The van der Waals surface area contributed by atoms with E-state index in [1.807, 2.05) is 11.6 Å². The first kappa shape index (κ1) is 14.4. The molecule has 4 heterocycles. The monoisotopic (exact) mass is 327 g/mol. The molecule has 0 saturated carbocycles. The lowest BCUT2D eigenvalue weighted by molar-refractivity contribution is 0.171. The van der Waals surface area contributed by atoms with Gasteiger partial charge in [-0.1, -0.05) is 0 Å². The summed E-state index contributed by atoms with van der Waals surface area (Å²) < 4.78 is 1.83. The number of nitrogens with zero attached hydrogens (tertiary/aromatic N) is 7. The van der Waals surface area contributed by atoms with Crippen molar-refractivity contribution in [3.05, 3.63) is 23.9 Å². The van der Waals surface area contributed by atoms with E-state index in [4.69, 9.17) is 0 Å². The smallest absolute Gasteiger partial charge is 0.320 e. The molecule has 0 atom stereocenters. The average Bonchev–Trinajstić information content (AvgIpc) is 3.23. The Kier molecular flexibility index (Phi) is 3.12. The van der Waals surface area contributed by atoms with Crippen LogP contribution in [-0.4, -0.2) is 59.6 Å². The second-order valence-electron chi connectivity index (χ2n) is 5.94. The van der Waals surface area contributed by atoms with Crippen molar-refractivity contribution < 1.29 is 4.79 Å². The number of amides is 2. The minimum absolute atomic E-state index is 0.0281. The van der Waals surface area contributed by atoms with Crippen molar-refractivity contribution in [1.29, 1.82) is 0 Å². The van der Waals surface area contributed by atoms with Gasteiger partial charge in [0.15, 0.2) is 22.8 Å². The number of carbonyl (C=O) groups excluding carboxylic acids is 1. The third-order valence-corrected chi connectivity index (χ3v) is 4.04. The predicted molar refractivity (Wildman–Crippen MR) is 86.5 cm³/mol. The number of hydrogen-bond donors (Lipinski definition) is 2. The number of fused-ring (bicyclic) bond motifs is 2. The summed E-state index contributed by atoms with van der Waals surface area (Å²) in [4.78, 5) is 28.2. The summed E-state index contributed by atoms with van der Waals surface area (Å²) in [5, 5.41) is 10.5. The molecule has 124 valence electrons. The number of rotatable bonds is 2. The molecule has 0 bridgehead atoms. The molecule has 0 radical (unpaired) electrons. The molecule has 0 aliphatic carbocycles. The maximum atomic E-state index is 12.1. The SMILES string of the molecule is CN(C)C(=O)N1Cc2[nH]nc(Nc3ncnc4c3ncn4C)c2C1. The van der Waals surface area contributed by atoms with Crippen molar-refractivity contribution >= 4 is 28.8 Å². The molecule has 0 unspecified atom stereocenters. The van der Waals surface area contributed by atoms with E-state index in [9.17, 15) is 4.79 Å². The minimum atomic E-state index is -0.0281. The van der Waals surface area contributed by atoms with Gasteiger partial charge in [-0.05, 0) is 0 Å². The zero-order valence-electron chi connectivity index (χ0n) is 13.6. The summed E-state index contributed by atoms with van der Waals surface area (Å²) >= 11 is 0. The molecular formula is C14H17N9O. The number of carbonyl (C=O) groups is 1. The van der Waals surface area contributed by atoms with Crippen LogP contribution in [0.5, 0.6) is 0 Å². The molecule has 3 aromatic rings. The van der Waals surface area contributed by atoms with Gasteiger partial charge in [0.1, 0.15) is 6.33 Å². The van der Waals surface area contributed by atoms with Gasteiger partial charge in [-0.2, -0.15) is 5.10 Å². The highest BCUT2D eigenvalue weighted by Crippen LogP contribution is 2.30. The van der Waals surface area contributed by atoms with Gasteiger partial charge in [-0.15, -0.1) is 0 Å². The van der Waals surface area contributed by atoms with Crippen LogP contribution in [0.1, 0.15) is 11.3 Å². The molecule has 10 nitrogen and oxygen atoms in total. The first-order valence-corrected chi connectivity index (χ1v) is 7.46. The first-order valence-electron chi connectivity index (χ1n) is 7.46. The number of anilines is 2. The van der Waals surface area contributed by atoms with Crippen LogP contribution in [-0.2, 0) is 20.1 Å². The number of aromatic amines is 1. The third kappa shape index (κ3) is 2.14. The summed E-state index contributed by atoms with van der Waals surface area (Å²) in [6, 6.07) is -0.0281. The fourth-order valence-corrected chi connectivity index (χ4v) is 2.81. The summed E-state index contributed by atoms with van der Waals surface area (Å²) in [6.07, 6.45) is 3.18. The Morgan fingerprint density at radius 3 is 2.88 bits per heavy atom. The first-order chi connectivity index (χ1) is 11.5. The Bertz CT molecular complexity index is 926.